The molecule has 1 saturated heterocycles. The number of carbonyl (C=O) groups excluding carboxylic acids is 2. The van der Waals surface area contributed by atoms with Crippen LogP contribution in [-0.2, 0) is 9.59 Å². The van der Waals surface area contributed by atoms with E-state index in [1.54, 1.807) is 41.4 Å². The van der Waals surface area contributed by atoms with E-state index in [1.807, 2.05) is 0 Å². The number of urea groups is 1. The molecule has 2 aromatic heterocycles. The largest absolute Gasteiger partial charge is 0.480 e. The van der Waals surface area contributed by atoms with Crippen molar-refractivity contribution in [2.24, 2.45) is 0 Å². The molecule has 2 bridgehead atoms. The second kappa shape index (κ2) is 7.14. The van der Waals surface area contributed by atoms with Crippen molar-refractivity contribution in [3.63, 3.8) is 0 Å². The van der Waals surface area contributed by atoms with Crippen LogP contribution in [0, 0.1) is 0 Å². The van der Waals surface area contributed by atoms with Crippen molar-refractivity contribution in [1.82, 2.24) is 9.97 Å². The third kappa shape index (κ3) is 3.20. The number of amides is 3. The van der Waals surface area contributed by atoms with E-state index in [9.17, 15) is 14.4 Å². The molecule has 28 heavy (non-hydrogen) atoms. The fourth-order valence-electron chi connectivity index (χ4n) is 3.55. The molecule has 10 heteroatoms. The van der Waals surface area contributed by atoms with Gasteiger partial charge in [0.05, 0.1) is 11.7 Å². The molecule has 0 spiro atoms. The zero-order valence-corrected chi connectivity index (χ0v) is 14.9. The maximum Gasteiger partial charge on any atom is 0.329 e. The van der Waals surface area contributed by atoms with Gasteiger partial charge >= 0.3 is 12.0 Å². The molecule has 1 atom stereocenters. The molecular formula is C18H18N6O4. The van der Waals surface area contributed by atoms with Crippen LogP contribution < -0.4 is 20.0 Å². The summed E-state index contributed by atoms with van der Waals surface area (Å²) in [5.41, 5.74) is 0.773. The minimum Gasteiger partial charge on any atom is -0.480 e. The van der Waals surface area contributed by atoms with Crippen molar-refractivity contribution in [2.45, 2.75) is 12.5 Å². The molecule has 4 heterocycles. The van der Waals surface area contributed by atoms with E-state index in [1.165, 1.54) is 0 Å². The van der Waals surface area contributed by atoms with Crippen LogP contribution in [0.25, 0.3) is 0 Å². The first-order valence-corrected chi connectivity index (χ1v) is 8.78. The summed E-state index contributed by atoms with van der Waals surface area (Å²) in [4.78, 5) is 48.6. The first kappa shape index (κ1) is 17.7. The first-order valence-electron chi connectivity index (χ1n) is 8.78. The number of nitrogens with zero attached hydrogens (tertiary/aromatic N) is 5. The van der Waals surface area contributed by atoms with Gasteiger partial charge in [0.15, 0.2) is 5.82 Å². The molecular weight excluding hydrogens is 364 g/mol. The molecule has 2 N–H and O–H groups in total. The van der Waals surface area contributed by atoms with Gasteiger partial charge in [0.1, 0.15) is 18.2 Å². The van der Waals surface area contributed by atoms with E-state index in [0.29, 0.717) is 24.6 Å². The summed E-state index contributed by atoms with van der Waals surface area (Å²) in [7, 11) is 0. The lowest BCUT2D eigenvalue weighted by atomic mass is 10.2. The second-order valence-electron chi connectivity index (χ2n) is 6.54. The van der Waals surface area contributed by atoms with Gasteiger partial charge in [-0.05, 0) is 30.7 Å². The lowest BCUT2D eigenvalue weighted by Gasteiger charge is -2.36. The summed E-state index contributed by atoms with van der Waals surface area (Å²) in [6, 6.07) is 8.13. The molecule has 1 fully saturated rings. The molecule has 0 unspecified atom stereocenters. The molecule has 3 amide bonds. The van der Waals surface area contributed by atoms with Crippen molar-refractivity contribution in [2.75, 3.05) is 39.7 Å². The molecule has 4 rings (SSSR count). The van der Waals surface area contributed by atoms with Crippen LogP contribution >= 0.6 is 0 Å². The van der Waals surface area contributed by atoms with Crippen molar-refractivity contribution in [3.05, 3.63) is 36.5 Å². The highest BCUT2D eigenvalue weighted by Crippen LogP contribution is 2.40. The summed E-state index contributed by atoms with van der Waals surface area (Å²) in [5, 5.41) is 11.8. The van der Waals surface area contributed by atoms with Crippen LogP contribution in [0.3, 0.4) is 0 Å². The fourth-order valence-corrected chi connectivity index (χ4v) is 3.55. The summed E-state index contributed by atoms with van der Waals surface area (Å²) in [6.07, 6.45) is 2.79. The molecule has 2 aliphatic rings. The Morgan fingerprint density at radius 3 is 2.89 bits per heavy atom. The molecule has 2 aromatic rings. The Morgan fingerprint density at radius 2 is 2.18 bits per heavy atom. The Balaban J connectivity index is 1.69. The quantitative estimate of drug-likeness (QED) is 0.745. The molecule has 0 radical (unpaired) electrons. The molecule has 10 nitrogen and oxygen atoms in total. The smallest absolute Gasteiger partial charge is 0.329 e. The third-order valence-electron chi connectivity index (χ3n) is 4.78. The van der Waals surface area contributed by atoms with Crippen LogP contribution in [0.1, 0.15) is 6.42 Å². The van der Waals surface area contributed by atoms with Gasteiger partial charge in [-0.3, -0.25) is 24.7 Å². The molecule has 0 saturated carbocycles. The van der Waals surface area contributed by atoms with Crippen LogP contribution in [0.4, 0.5) is 27.9 Å². The van der Waals surface area contributed by atoms with Crippen molar-refractivity contribution in [3.8, 4) is 0 Å². The van der Waals surface area contributed by atoms with Gasteiger partial charge < -0.3 is 10.0 Å². The highest BCUT2D eigenvalue weighted by atomic mass is 16.4. The summed E-state index contributed by atoms with van der Waals surface area (Å²) >= 11 is 0. The number of anilines is 4. The topological polar surface area (TPSA) is 119 Å². The number of nitrogens with one attached hydrogen (secondary N) is 1. The van der Waals surface area contributed by atoms with E-state index >= 15 is 0 Å². The Kier molecular flexibility index (Phi) is 4.52. The van der Waals surface area contributed by atoms with E-state index in [4.69, 9.17) is 5.11 Å². The number of hydrogen-bond donors (Lipinski definition) is 2. The average molecular weight is 382 g/mol. The van der Waals surface area contributed by atoms with Crippen molar-refractivity contribution in [1.29, 1.82) is 0 Å². The van der Waals surface area contributed by atoms with Gasteiger partial charge in [0.25, 0.3) is 0 Å². The Hall–Kier alpha value is -3.69. The van der Waals surface area contributed by atoms with Crippen molar-refractivity contribution >= 4 is 41.6 Å². The number of carboxylic acid groups (broad SMARTS) is 1. The van der Waals surface area contributed by atoms with E-state index in [-0.39, 0.29) is 17.9 Å². The maximum atomic E-state index is 13.0. The minimum atomic E-state index is -1.15. The number of pyridine rings is 2. The van der Waals surface area contributed by atoms with Gasteiger partial charge in [0.2, 0.25) is 6.41 Å². The number of carboxylic acids is 1. The standard InChI is InChI=1S/C18H18N6O4/c25-11-23(10-16(26)27)15-5-4-13-17(21-15)24(12-6-8-22(13)9-12)18(28)20-14-3-1-2-7-19-14/h1-5,7,11-12H,6,8-10H2,(H,26,27)(H,19,20,28)/t12-/m0/s1. The van der Waals surface area contributed by atoms with E-state index in [2.05, 4.69) is 20.2 Å². The van der Waals surface area contributed by atoms with E-state index in [0.717, 1.165) is 23.6 Å². The fraction of sp³-hybridized carbons (Fsp3) is 0.278. The lowest BCUT2D eigenvalue weighted by molar-refractivity contribution is -0.136. The Bertz CT molecular complexity index is 922. The van der Waals surface area contributed by atoms with Gasteiger partial charge in [0, 0.05) is 19.3 Å². The van der Waals surface area contributed by atoms with Crippen LogP contribution in [-0.4, -0.2) is 59.2 Å². The highest BCUT2D eigenvalue weighted by molar-refractivity contribution is 6.04. The first-order chi connectivity index (χ1) is 13.6. The highest BCUT2D eigenvalue weighted by Gasteiger charge is 2.40. The number of hydrogen-bond acceptors (Lipinski definition) is 6. The third-order valence-corrected chi connectivity index (χ3v) is 4.78. The lowest BCUT2D eigenvalue weighted by Crippen LogP contribution is -2.48. The number of carbonyl (C=O) groups is 3. The Morgan fingerprint density at radius 1 is 1.32 bits per heavy atom. The SMILES string of the molecule is O=CN(CC(=O)O)c1ccc2c(n1)N(C(=O)Nc1ccccn1)[C@H]1CCN2C1. The summed E-state index contributed by atoms with van der Waals surface area (Å²) in [5.74, 6) is -0.155. The minimum absolute atomic E-state index is 0.0666. The monoisotopic (exact) mass is 382 g/mol. The second-order valence-corrected chi connectivity index (χ2v) is 6.54. The van der Waals surface area contributed by atoms with E-state index < -0.39 is 12.5 Å². The van der Waals surface area contributed by atoms with Gasteiger partial charge in [-0.15, -0.1) is 0 Å². The Labute approximate surface area is 160 Å². The normalized spacial score (nSPS) is 17.1. The van der Waals surface area contributed by atoms with Crippen LogP contribution in [0.2, 0.25) is 0 Å². The maximum absolute atomic E-state index is 13.0. The van der Waals surface area contributed by atoms with Gasteiger partial charge in [-0.1, -0.05) is 6.07 Å². The predicted molar refractivity (Wildman–Crippen MR) is 102 cm³/mol. The molecule has 144 valence electrons. The van der Waals surface area contributed by atoms with Gasteiger partial charge in [-0.25, -0.2) is 14.8 Å². The number of rotatable bonds is 5. The predicted octanol–water partition coefficient (Wildman–Crippen LogP) is 1.15. The molecule has 2 aliphatic heterocycles. The molecule has 0 aromatic carbocycles. The van der Waals surface area contributed by atoms with Gasteiger partial charge in [-0.2, -0.15) is 0 Å². The zero-order chi connectivity index (χ0) is 19.7. The summed E-state index contributed by atoms with van der Waals surface area (Å²) in [6.45, 7) is 0.970. The van der Waals surface area contributed by atoms with Crippen LogP contribution in [0.5, 0.6) is 0 Å². The zero-order valence-electron chi connectivity index (χ0n) is 14.9. The van der Waals surface area contributed by atoms with Crippen LogP contribution in [0.15, 0.2) is 36.5 Å². The number of aliphatic carboxylic acids is 1. The van der Waals surface area contributed by atoms with Crippen molar-refractivity contribution < 1.29 is 19.5 Å². The summed E-state index contributed by atoms with van der Waals surface area (Å²) < 4.78 is 0. The molecule has 0 aliphatic carbocycles. The average Bonchev–Trinajstić information content (AvgIpc) is 3.10. The number of aromatic nitrogens is 2. The number of fused-ring (bicyclic) bond motifs is 4.